The van der Waals surface area contributed by atoms with E-state index in [2.05, 4.69) is 0 Å². The lowest BCUT2D eigenvalue weighted by atomic mass is 10.6. The van der Waals surface area contributed by atoms with Crippen molar-refractivity contribution >= 4 is 0 Å². The molecule has 4 nitrogen and oxygen atoms in total. The van der Waals surface area contributed by atoms with E-state index in [1.54, 1.807) is 4.98 Å². The standard InChI is InChI=1S/C5H5FN2O2/c1-8-2-3(6)4(9)7-5(8)10/h2H,1H3,(H,7,9,10). The van der Waals surface area contributed by atoms with Crippen LogP contribution in [0.2, 0.25) is 0 Å². The molecule has 0 saturated carbocycles. The van der Waals surface area contributed by atoms with Gasteiger partial charge in [0.25, 0.3) is 5.56 Å². The fourth-order valence-electron chi connectivity index (χ4n) is 0.532. The molecule has 54 valence electrons. The number of rotatable bonds is 0. The van der Waals surface area contributed by atoms with E-state index in [1.165, 1.54) is 7.05 Å². The molecule has 0 aliphatic heterocycles. The molecule has 0 aliphatic carbocycles. The summed E-state index contributed by atoms with van der Waals surface area (Å²) in [5, 5.41) is 0. The number of hydrogen-bond acceptors (Lipinski definition) is 2. The number of nitrogens with one attached hydrogen (secondary N) is 1. The number of aryl methyl sites for hydroxylation is 1. The van der Waals surface area contributed by atoms with Gasteiger partial charge in [0.15, 0.2) is 0 Å². The van der Waals surface area contributed by atoms with Crippen LogP contribution in [0.5, 0.6) is 0 Å². The molecule has 1 heterocycles. The Balaban J connectivity index is 3.59. The molecule has 0 radical (unpaired) electrons. The molecule has 0 bridgehead atoms. The third-order valence-electron chi connectivity index (χ3n) is 1.06. The molecule has 0 saturated heterocycles. The van der Waals surface area contributed by atoms with E-state index in [1.807, 2.05) is 0 Å². The van der Waals surface area contributed by atoms with Crippen LogP contribution in [0, 0.1) is 5.82 Å². The summed E-state index contributed by atoms with van der Waals surface area (Å²) in [5.74, 6) is -0.956. The van der Waals surface area contributed by atoms with Crippen molar-refractivity contribution in [3.05, 3.63) is 32.9 Å². The first-order valence-corrected chi connectivity index (χ1v) is 2.56. The van der Waals surface area contributed by atoms with Crippen LogP contribution >= 0.6 is 0 Å². The van der Waals surface area contributed by atoms with Crippen LogP contribution in [0.4, 0.5) is 4.39 Å². The maximum atomic E-state index is 12.3. The summed E-state index contributed by atoms with van der Waals surface area (Å²) in [7, 11) is 1.35. The fraction of sp³-hybridized carbons (Fsp3) is 0.200. The lowest BCUT2D eigenvalue weighted by Crippen LogP contribution is -2.29. The SMILES string of the molecule is Cn1cc(F)c(=O)[nH]c1=O. The Morgan fingerprint density at radius 3 is 2.70 bits per heavy atom. The number of nitrogens with zero attached hydrogens (tertiary/aromatic N) is 1. The first kappa shape index (κ1) is 6.73. The van der Waals surface area contributed by atoms with Crippen molar-refractivity contribution in [3.63, 3.8) is 0 Å². The van der Waals surface area contributed by atoms with Gasteiger partial charge in [0.1, 0.15) is 0 Å². The second-order valence-corrected chi connectivity index (χ2v) is 1.85. The van der Waals surface area contributed by atoms with Crippen LogP contribution in [0.3, 0.4) is 0 Å². The maximum absolute atomic E-state index is 12.3. The molecule has 0 spiro atoms. The van der Waals surface area contributed by atoms with Gasteiger partial charge in [-0.3, -0.25) is 9.78 Å². The fourth-order valence-corrected chi connectivity index (χ4v) is 0.532. The maximum Gasteiger partial charge on any atom is 0.328 e. The molecular formula is C5H5FN2O2. The van der Waals surface area contributed by atoms with Crippen LogP contribution in [-0.4, -0.2) is 9.55 Å². The Labute approximate surface area is 54.9 Å². The van der Waals surface area contributed by atoms with Crippen LogP contribution in [0.25, 0.3) is 0 Å². The van der Waals surface area contributed by atoms with Crippen LogP contribution in [-0.2, 0) is 7.05 Å². The molecule has 1 aromatic rings. The van der Waals surface area contributed by atoms with Crippen molar-refractivity contribution in [2.45, 2.75) is 0 Å². The Morgan fingerprint density at radius 1 is 1.60 bits per heavy atom. The first-order chi connectivity index (χ1) is 4.61. The average Bonchev–Trinajstić information content (AvgIpc) is 1.84. The van der Waals surface area contributed by atoms with Crippen molar-refractivity contribution in [1.29, 1.82) is 0 Å². The van der Waals surface area contributed by atoms with Gasteiger partial charge in [0.2, 0.25) is 5.82 Å². The minimum absolute atomic E-state index is 0.619. The summed E-state index contributed by atoms with van der Waals surface area (Å²) < 4.78 is 13.2. The normalized spacial score (nSPS) is 9.80. The Bertz CT molecular complexity index is 320. The Kier molecular flexibility index (Phi) is 1.41. The highest BCUT2D eigenvalue weighted by Crippen LogP contribution is 1.78. The van der Waals surface area contributed by atoms with Crippen LogP contribution < -0.4 is 11.2 Å². The predicted molar refractivity (Wildman–Crippen MR) is 32.3 cm³/mol. The third kappa shape index (κ3) is 0.975. The van der Waals surface area contributed by atoms with E-state index < -0.39 is 17.1 Å². The molecule has 1 rings (SSSR count). The zero-order chi connectivity index (χ0) is 7.72. The highest BCUT2D eigenvalue weighted by Gasteiger charge is 1.97. The van der Waals surface area contributed by atoms with Crippen molar-refractivity contribution in [1.82, 2.24) is 9.55 Å². The van der Waals surface area contributed by atoms with Crippen molar-refractivity contribution in [2.24, 2.45) is 7.05 Å². The van der Waals surface area contributed by atoms with Gasteiger partial charge in [0, 0.05) is 13.2 Å². The summed E-state index contributed by atoms with van der Waals surface area (Å²) >= 11 is 0. The van der Waals surface area contributed by atoms with Gasteiger partial charge < -0.3 is 4.57 Å². The third-order valence-corrected chi connectivity index (χ3v) is 1.06. The highest BCUT2D eigenvalue weighted by atomic mass is 19.1. The zero-order valence-electron chi connectivity index (χ0n) is 5.22. The van der Waals surface area contributed by atoms with Gasteiger partial charge >= 0.3 is 5.69 Å². The van der Waals surface area contributed by atoms with Crippen molar-refractivity contribution < 1.29 is 4.39 Å². The Morgan fingerprint density at radius 2 is 2.20 bits per heavy atom. The molecule has 0 aliphatic rings. The number of hydrogen-bond donors (Lipinski definition) is 1. The van der Waals surface area contributed by atoms with Gasteiger partial charge in [0.05, 0.1) is 0 Å². The summed E-state index contributed by atoms with van der Waals surface area (Å²) in [6.45, 7) is 0. The number of halogens is 1. The molecule has 0 fully saturated rings. The van der Waals surface area contributed by atoms with Gasteiger partial charge in [-0.15, -0.1) is 0 Å². The minimum atomic E-state index is -0.983. The number of H-pyrrole nitrogens is 1. The largest absolute Gasteiger partial charge is 0.328 e. The summed E-state index contributed by atoms with van der Waals surface area (Å²) in [6.07, 6.45) is 0.834. The summed E-state index contributed by atoms with van der Waals surface area (Å²) in [5.41, 5.74) is -1.60. The lowest BCUT2D eigenvalue weighted by Gasteiger charge is -1.92. The van der Waals surface area contributed by atoms with E-state index in [4.69, 9.17) is 0 Å². The number of aromatic nitrogens is 2. The lowest BCUT2D eigenvalue weighted by molar-refractivity contribution is 0.576. The monoisotopic (exact) mass is 144 g/mol. The quantitative estimate of drug-likeness (QED) is 0.519. The molecule has 0 atom stereocenters. The van der Waals surface area contributed by atoms with E-state index in [9.17, 15) is 14.0 Å². The second kappa shape index (κ2) is 2.09. The van der Waals surface area contributed by atoms with Crippen molar-refractivity contribution in [2.75, 3.05) is 0 Å². The minimum Gasteiger partial charge on any atom is -0.301 e. The van der Waals surface area contributed by atoms with Gasteiger partial charge in [-0.05, 0) is 0 Å². The smallest absolute Gasteiger partial charge is 0.301 e. The van der Waals surface area contributed by atoms with E-state index >= 15 is 0 Å². The van der Waals surface area contributed by atoms with Gasteiger partial charge in [-0.2, -0.15) is 4.39 Å². The van der Waals surface area contributed by atoms with Gasteiger partial charge in [-0.25, -0.2) is 4.79 Å². The Hall–Kier alpha value is -1.39. The topological polar surface area (TPSA) is 54.9 Å². The molecule has 10 heavy (non-hydrogen) atoms. The molecule has 0 aromatic carbocycles. The summed E-state index contributed by atoms with van der Waals surface area (Å²) in [4.78, 5) is 22.7. The summed E-state index contributed by atoms with van der Waals surface area (Å²) in [6, 6.07) is 0. The average molecular weight is 144 g/mol. The van der Waals surface area contributed by atoms with Gasteiger partial charge in [-0.1, -0.05) is 0 Å². The predicted octanol–water partition coefficient (Wildman–Crippen LogP) is -0.787. The van der Waals surface area contributed by atoms with Crippen molar-refractivity contribution in [3.8, 4) is 0 Å². The number of aromatic amines is 1. The first-order valence-electron chi connectivity index (χ1n) is 2.56. The van der Waals surface area contributed by atoms with E-state index in [0.29, 0.717) is 0 Å². The highest BCUT2D eigenvalue weighted by molar-refractivity contribution is 4.85. The molecular weight excluding hydrogens is 139 g/mol. The molecule has 0 unspecified atom stereocenters. The second-order valence-electron chi connectivity index (χ2n) is 1.85. The van der Waals surface area contributed by atoms with E-state index in [-0.39, 0.29) is 0 Å². The molecule has 5 heteroatoms. The van der Waals surface area contributed by atoms with Crippen LogP contribution in [0.15, 0.2) is 15.8 Å². The zero-order valence-corrected chi connectivity index (χ0v) is 5.22. The molecule has 1 N–H and O–H groups in total. The van der Waals surface area contributed by atoms with E-state index in [0.717, 1.165) is 10.8 Å². The van der Waals surface area contributed by atoms with Crippen LogP contribution in [0.1, 0.15) is 0 Å². The molecule has 0 amide bonds. The molecule has 1 aromatic heterocycles.